The monoisotopic (exact) mass is 476 g/mol. The number of rotatable bonds is 3. The Balaban J connectivity index is 1.67. The molecule has 0 amide bonds. The molecule has 0 saturated carbocycles. The van der Waals surface area contributed by atoms with Crippen molar-refractivity contribution in [1.29, 1.82) is 0 Å². The smallest absolute Gasteiger partial charge is 0.227 e. The Bertz CT molecular complexity index is 1420. The fraction of sp³-hybridized carbons (Fsp3) is 0.120. The number of anilines is 1. The van der Waals surface area contributed by atoms with Crippen LogP contribution < -0.4 is 10.1 Å². The van der Waals surface area contributed by atoms with Gasteiger partial charge in [0.2, 0.25) is 11.1 Å². The molecule has 1 aromatic heterocycles. The highest BCUT2D eigenvalue weighted by molar-refractivity contribution is 7.98. The summed E-state index contributed by atoms with van der Waals surface area (Å²) in [6.45, 7) is 0. The van der Waals surface area contributed by atoms with Gasteiger partial charge in [-0.25, -0.2) is 9.07 Å². The van der Waals surface area contributed by atoms with E-state index >= 15 is 4.39 Å². The first-order valence-corrected chi connectivity index (χ1v) is 12.0. The van der Waals surface area contributed by atoms with Crippen molar-refractivity contribution in [1.82, 2.24) is 14.8 Å². The largest absolute Gasteiger partial charge is 0.480 e. The van der Waals surface area contributed by atoms with Crippen LogP contribution in [0.15, 0.2) is 83.5 Å². The van der Waals surface area contributed by atoms with E-state index in [4.69, 9.17) is 16.3 Å². The SMILES string of the molecule is CSc1nc2n(n1)[C@H](c1ccccc1F)C1=C(N2)c2ccccc2O[C@H]1c1ccccc1Cl. The van der Waals surface area contributed by atoms with Gasteiger partial charge in [-0.2, -0.15) is 4.98 Å². The predicted octanol–water partition coefficient (Wildman–Crippen LogP) is 6.35. The summed E-state index contributed by atoms with van der Waals surface area (Å²) in [6, 6.07) is 21.6. The molecule has 8 heteroatoms. The molecule has 2 atom stereocenters. The number of halogens is 2. The van der Waals surface area contributed by atoms with Gasteiger partial charge in [0, 0.05) is 27.3 Å². The summed E-state index contributed by atoms with van der Waals surface area (Å²) in [5.74, 6) is 0.958. The van der Waals surface area contributed by atoms with Crippen LogP contribution in [0.2, 0.25) is 5.02 Å². The Morgan fingerprint density at radius 2 is 1.73 bits per heavy atom. The second kappa shape index (κ2) is 7.93. The van der Waals surface area contributed by atoms with Crippen molar-refractivity contribution in [3.8, 4) is 5.75 Å². The molecule has 0 saturated heterocycles. The molecule has 3 aromatic carbocycles. The third kappa shape index (κ3) is 3.22. The Kier molecular flexibility index (Phi) is 4.89. The van der Waals surface area contributed by atoms with E-state index in [1.807, 2.05) is 60.9 Å². The van der Waals surface area contributed by atoms with Crippen LogP contribution in [0.3, 0.4) is 0 Å². The van der Waals surface area contributed by atoms with Crippen molar-refractivity contribution >= 4 is 35.0 Å². The number of hydrogen-bond acceptors (Lipinski definition) is 5. The number of hydrogen-bond donors (Lipinski definition) is 1. The predicted molar refractivity (Wildman–Crippen MR) is 128 cm³/mol. The van der Waals surface area contributed by atoms with E-state index in [1.165, 1.54) is 17.8 Å². The van der Waals surface area contributed by atoms with Crippen molar-refractivity contribution in [3.05, 3.63) is 106 Å². The second-order valence-electron chi connectivity index (χ2n) is 7.76. The zero-order valence-corrected chi connectivity index (χ0v) is 19.1. The zero-order chi connectivity index (χ0) is 22.5. The third-order valence-electron chi connectivity index (χ3n) is 5.93. The van der Waals surface area contributed by atoms with Gasteiger partial charge in [0.15, 0.2) is 6.10 Å². The highest BCUT2D eigenvalue weighted by Crippen LogP contribution is 2.51. The van der Waals surface area contributed by atoms with Gasteiger partial charge < -0.3 is 10.1 Å². The first kappa shape index (κ1) is 20.3. The van der Waals surface area contributed by atoms with E-state index in [0.717, 1.165) is 28.1 Å². The van der Waals surface area contributed by atoms with E-state index < -0.39 is 12.1 Å². The molecule has 33 heavy (non-hydrogen) atoms. The van der Waals surface area contributed by atoms with E-state index in [9.17, 15) is 0 Å². The first-order valence-electron chi connectivity index (χ1n) is 10.4. The molecule has 2 aliphatic rings. The molecule has 0 radical (unpaired) electrons. The van der Waals surface area contributed by atoms with Crippen molar-refractivity contribution < 1.29 is 9.13 Å². The molecule has 3 heterocycles. The first-order chi connectivity index (χ1) is 16.2. The molecule has 0 fully saturated rings. The average Bonchev–Trinajstić information content (AvgIpc) is 3.26. The number of nitrogens with zero attached hydrogens (tertiary/aromatic N) is 3. The minimum Gasteiger partial charge on any atom is -0.480 e. The van der Waals surface area contributed by atoms with Crippen LogP contribution in [-0.4, -0.2) is 21.0 Å². The molecular weight excluding hydrogens is 459 g/mol. The molecular formula is C25H18ClFN4OS. The molecule has 0 aliphatic carbocycles. The quantitative estimate of drug-likeness (QED) is 0.349. The zero-order valence-electron chi connectivity index (χ0n) is 17.5. The average molecular weight is 477 g/mol. The lowest BCUT2D eigenvalue weighted by atomic mass is 9.84. The fourth-order valence-corrected chi connectivity index (χ4v) is 5.07. The number of thioether (sulfide) groups is 1. The molecule has 164 valence electrons. The van der Waals surface area contributed by atoms with Crippen LogP contribution in [0.1, 0.15) is 28.8 Å². The molecule has 0 unspecified atom stereocenters. The van der Waals surface area contributed by atoms with Crippen LogP contribution in [0.4, 0.5) is 10.3 Å². The van der Waals surface area contributed by atoms with Gasteiger partial charge in [-0.1, -0.05) is 71.9 Å². The normalized spacial score (nSPS) is 18.6. The van der Waals surface area contributed by atoms with Crippen LogP contribution in [0.25, 0.3) is 5.70 Å². The van der Waals surface area contributed by atoms with Crippen LogP contribution in [0, 0.1) is 5.82 Å². The van der Waals surface area contributed by atoms with Gasteiger partial charge >= 0.3 is 0 Å². The third-order valence-corrected chi connectivity index (χ3v) is 6.81. The van der Waals surface area contributed by atoms with Crippen molar-refractivity contribution in [2.45, 2.75) is 17.3 Å². The van der Waals surface area contributed by atoms with Crippen LogP contribution in [-0.2, 0) is 0 Å². The number of benzene rings is 3. The van der Waals surface area contributed by atoms with Crippen molar-refractivity contribution in [2.75, 3.05) is 11.6 Å². The number of nitrogens with one attached hydrogen (secondary N) is 1. The maximum Gasteiger partial charge on any atom is 0.227 e. The van der Waals surface area contributed by atoms with Gasteiger partial charge in [-0.3, -0.25) is 0 Å². The Hall–Kier alpha value is -3.29. The maximum absolute atomic E-state index is 15.2. The molecule has 5 nitrogen and oxygen atoms in total. The maximum atomic E-state index is 15.2. The van der Waals surface area contributed by atoms with Gasteiger partial charge in [0.05, 0.1) is 5.70 Å². The lowest BCUT2D eigenvalue weighted by molar-refractivity contribution is 0.222. The van der Waals surface area contributed by atoms with Crippen molar-refractivity contribution in [3.63, 3.8) is 0 Å². The number of ether oxygens (including phenoxy) is 1. The lowest BCUT2D eigenvalue weighted by Crippen LogP contribution is -2.33. The van der Waals surface area contributed by atoms with Gasteiger partial charge in [0.25, 0.3) is 0 Å². The minimum atomic E-state index is -0.569. The van der Waals surface area contributed by atoms with Gasteiger partial charge in [-0.15, -0.1) is 5.10 Å². The van der Waals surface area contributed by atoms with Gasteiger partial charge in [0.1, 0.15) is 17.6 Å². The van der Waals surface area contributed by atoms with Crippen LogP contribution >= 0.6 is 23.4 Å². The summed E-state index contributed by atoms with van der Waals surface area (Å²) >= 11 is 8.07. The standard InChI is InChI=1S/C25H18ClFN4OS/c1-33-25-29-24-28-21-16-10-4-7-13-19(16)32-23(14-8-2-5-11-17(14)26)20(21)22(31(24)30-25)15-9-3-6-12-18(15)27/h2-13,22-23H,1H3,(H,28,29,30)/t22-,23+/m1/s1. The topological polar surface area (TPSA) is 52.0 Å². The summed E-state index contributed by atoms with van der Waals surface area (Å²) in [6.07, 6.45) is 1.37. The Morgan fingerprint density at radius 3 is 2.52 bits per heavy atom. The van der Waals surface area contributed by atoms with E-state index in [1.54, 1.807) is 16.8 Å². The molecule has 0 bridgehead atoms. The number of aromatic nitrogens is 3. The summed E-state index contributed by atoms with van der Waals surface area (Å²) in [5.41, 5.74) is 3.85. The highest BCUT2D eigenvalue weighted by atomic mass is 35.5. The number of para-hydroxylation sites is 1. The Morgan fingerprint density at radius 1 is 1.00 bits per heavy atom. The molecule has 1 N–H and O–H groups in total. The summed E-state index contributed by atoms with van der Waals surface area (Å²) in [5, 5.41) is 9.32. The number of fused-ring (bicyclic) bond motifs is 3. The lowest BCUT2D eigenvalue weighted by Gasteiger charge is -2.39. The highest BCUT2D eigenvalue weighted by Gasteiger charge is 2.42. The minimum absolute atomic E-state index is 0.319. The Labute approximate surface area is 199 Å². The molecule has 4 aromatic rings. The molecule has 2 aliphatic heterocycles. The second-order valence-corrected chi connectivity index (χ2v) is 8.94. The molecule has 0 spiro atoms. The summed E-state index contributed by atoms with van der Waals surface area (Å²) < 4.78 is 23.5. The van der Waals surface area contributed by atoms with Gasteiger partial charge in [-0.05, 0) is 30.5 Å². The van der Waals surface area contributed by atoms with Crippen molar-refractivity contribution in [2.24, 2.45) is 0 Å². The summed E-state index contributed by atoms with van der Waals surface area (Å²) in [4.78, 5) is 4.63. The van der Waals surface area contributed by atoms with E-state index in [0.29, 0.717) is 21.7 Å². The van der Waals surface area contributed by atoms with Crippen LogP contribution in [0.5, 0.6) is 5.75 Å². The summed E-state index contributed by atoms with van der Waals surface area (Å²) in [7, 11) is 0. The fourth-order valence-electron chi connectivity index (χ4n) is 4.49. The van der Waals surface area contributed by atoms with E-state index in [-0.39, 0.29) is 5.82 Å². The molecule has 6 rings (SSSR count). The van der Waals surface area contributed by atoms with E-state index in [2.05, 4.69) is 15.4 Å².